The summed E-state index contributed by atoms with van der Waals surface area (Å²) in [6.07, 6.45) is 2.80. The SMILES string of the molecule is CC(N)(c1nc(C2CCCCCCC2)no1)C(F)(F)F. The predicted molar refractivity (Wildman–Crippen MR) is 67.0 cm³/mol. The molecule has 0 aliphatic heterocycles. The van der Waals surface area contributed by atoms with Crippen LogP contribution in [0.15, 0.2) is 4.52 Å². The number of nitrogens with two attached hydrogens (primary N) is 1. The molecule has 0 bridgehead atoms. The Labute approximate surface area is 115 Å². The van der Waals surface area contributed by atoms with Crippen LogP contribution in [0, 0.1) is 0 Å². The Balaban J connectivity index is 2.15. The molecule has 1 saturated carbocycles. The van der Waals surface area contributed by atoms with E-state index in [0.717, 1.165) is 45.4 Å². The third kappa shape index (κ3) is 3.13. The first-order valence-corrected chi connectivity index (χ1v) is 7.02. The molecule has 0 aromatic carbocycles. The molecule has 4 nitrogen and oxygen atoms in total. The Bertz CT molecular complexity index is 434. The van der Waals surface area contributed by atoms with Crippen LogP contribution >= 0.6 is 0 Å². The largest absolute Gasteiger partial charge is 0.415 e. The minimum absolute atomic E-state index is 0.0804. The van der Waals surface area contributed by atoms with Crippen molar-refractivity contribution >= 4 is 0 Å². The van der Waals surface area contributed by atoms with Gasteiger partial charge >= 0.3 is 6.18 Å². The fraction of sp³-hybridized carbons (Fsp3) is 0.846. The van der Waals surface area contributed by atoms with E-state index in [4.69, 9.17) is 10.3 Å². The summed E-state index contributed by atoms with van der Waals surface area (Å²) in [6, 6.07) is 0. The van der Waals surface area contributed by atoms with Gasteiger partial charge in [-0.25, -0.2) is 0 Å². The van der Waals surface area contributed by atoms with Gasteiger partial charge < -0.3 is 10.3 Å². The van der Waals surface area contributed by atoms with Crippen LogP contribution in [0.1, 0.15) is 69.5 Å². The molecule has 1 aromatic rings. The Kier molecular flexibility index (Phi) is 4.36. The molecule has 2 N–H and O–H groups in total. The molecule has 1 fully saturated rings. The third-order valence-corrected chi connectivity index (χ3v) is 3.95. The van der Waals surface area contributed by atoms with Gasteiger partial charge in [-0.1, -0.05) is 37.3 Å². The van der Waals surface area contributed by atoms with Gasteiger partial charge in [0.25, 0.3) is 5.89 Å². The van der Waals surface area contributed by atoms with Gasteiger partial charge in [0.15, 0.2) is 11.4 Å². The average Bonchev–Trinajstić information content (AvgIpc) is 2.76. The first kappa shape index (κ1) is 15.3. The van der Waals surface area contributed by atoms with Crippen molar-refractivity contribution in [2.24, 2.45) is 5.73 Å². The van der Waals surface area contributed by atoms with Crippen LogP contribution in [0.3, 0.4) is 0 Å². The second kappa shape index (κ2) is 5.71. The van der Waals surface area contributed by atoms with E-state index in [2.05, 4.69) is 10.1 Å². The first-order chi connectivity index (χ1) is 9.32. The van der Waals surface area contributed by atoms with E-state index < -0.39 is 17.6 Å². The highest BCUT2D eigenvalue weighted by atomic mass is 19.4. The van der Waals surface area contributed by atoms with E-state index >= 15 is 0 Å². The van der Waals surface area contributed by atoms with Gasteiger partial charge in [0.05, 0.1) is 0 Å². The monoisotopic (exact) mass is 291 g/mol. The zero-order chi connectivity index (χ0) is 14.8. The molecule has 1 atom stereocenters. The topological polar surface area (TPSA) is 64.9 Å². The second-order valence-electron chi connectivity index (χ2n) is 5.70. The van der Waals surface area contributed by atoms with Crippen LogP contribution in [0.25, 0.3) is 0 Å². The van der Waals surface area contributed by atoms with Gasteiger partial charge in [0, 0.05) is 5.92 Å². The summed E-state index contributed by atoms with van der Waals surface area (Å²) in [5.41, 5.74) is 2.70. The predicted octanol–water partition coefficient (Wildman–Crippen LogP) is 3.63. The first-order valence-electron chi connectivity index (χ1n) is 7.02. The van der Waals surface area contributed by atoms with E-state index in [1.54, 1.807) is 0 Å². The lowest BCUT2D eigenvalue weighted by molar-refractivity contribution is -0.190. The quantitative estimate of drug-likeness (QED) is 0.903. The Hall–Kier alpha value is -1.11. The van der Waals surface area contributed by atoms with Crippen molar-refractivity contribution in [3.05, 3.63) is 11.7 Å². The smallest absolute Gasteiger partial charge is 0.337 e. The Morgan fingerprint density at radius 2 is 1.65 bits per heavy atom. The molecule has 1 unspecified atom stereocenters. The number of halogens is 3. The highest BCUT2D eigenvalue weighted by Crippen LogP contribution is 2.37. The van der Waals surface area contributed by atoms with Crippen molar-refractivity contribution in [2.75, 3.05) is 0 Å². The highest BCUT2D eigenvalue weighted by Gasteiger charge is 2.53. The summed E-state index contributed by atoms with van der Waals surface area (Å²) < 4.78 is 43.3. The normalized spacial score (nSPS) is 22.1. The molecule has 0 spiro atoms. The number of alkyl halides is 3. The average molecular weight is 291 g/mol. The number of hydrogen-bond acceptors (Lipinski definition) is 4. The fourth-order valence-electron chi connectivity index (χ4n) is 2.45. The van der Waals surface area contributed by atoms with E-state index in [9.17, 15) is 13.2 Å². The van der Waals surface area contributed by atoms with Crippen molar-refractivity contribution in [1.29, 1.82) is 0 Å². The lowest BCUT2D eigenvalue weighted by Gasteiger charge is -2.23. The van der Waals surface area contributed by atoms with Crippen molar-refractivity contribution in [2.45, 2.75) is 69.5 Å². The maximum absolute atomic E-state index is 12.8. The molecule has 114 valence electrons. The van der Waals surface area contributed by atoms with Crippen LogP contribution in [0.2, 0.25) is 0 Å². The molecule has 1 aliphatic rings. The van der Waals surface area contributed by atoms with Crippen molar-refractivity contribution < 1.29 is 17.7 Å². The van der Waals surface area contributed by atoms with E-state index in [1.807, 2.05) is 0 Å². The molecular formula is C13H20F3N3O. The maximum Gasteiger partial charge on any atom is 0.415 e. The summed E-state index contributed by atoms with van der Waals surface area (Å²) in [6.45, 7) is 0.850. The second-order valence-corrected chi connectivity index (χ2v) is 5.70. The minimum Gasteiger partial charge on any atom is -0.337 e. The standard InChI is InChI=1S/C13H20F3N3O/c1-12(17,13(14,15)16)11-18-10(19-20-11)9-7-5-3-2-4-6-8-9/h9H,2-8,17H2,1H3. The number of rotatable bonds is 2. The summed E-state index contributed by atoms with van der Waals surface area (Å²) in [4.78, 5) is 3.92. The molecular weight excluding hydrogens is 271 g/mol. The summed E-state index contributed by atoms with van der Waals surface area (Å²) in [5.74, 6) is -0.110. The molecule has 1 aromatic heterocycles. The molecule has 7 heteroatoms. The highest BCUT2D eigenvalue weighted by molar-refractivity contribution is 5.06. The zero-order valence-corrected chi connectivity index (χ0v) is 11.5. The van der Waals surface area contributed by atoms with Crippen LogP contribution in [-0.4, -0.2) is 16.3 Å². The van der Waals surface area contributed by atoms with Crippen molar-refractivity contribution in [3.63, 3.8) is 0 Å². The van der Waals surface area contributed by atoms with Crippen LogP contribution in [0.5, 0.6) is 0 Å². The molecule has 0 radical (unpaired) electrons. The molecule has 2 rings (SSSR count). The fourth-order valence-corrected chi connectivity index (χ4v) is 2.45. The molecule has 20 heavy (non-hydrogen) atoms. The Morgan fingerprint density at radius 3 is 2.20 bits per heavy atom. The van der Waals surface area contributed by atoms with Gasteiger partial charge in [-0.3, -0.25) is 0 Å². The van der Waals surface area contributed by atoms with Crippen molar-refractivity contribution in [1.82, 2.24) is 10.1 Å². The molecule has 0 saturated heterocycles. The van der Waals surface area contributed by atoms with Crippen molar-refractivity contribution in [3.8, 4) is 0 Å². The zero-order valence-electron chi connectivity index (χ0n) is 11.5. The van der Waals surface area contributed by atoms with Crippen LogP contribution in [-0.2, 0) is 5.54 Å². The third-order valence-electron chi connectivity index (χ3n) is 3.95. The number of nitrogens with zero attached hydrogens (tertiary/aromatic N) is 2. The van der Waals surface area contributed by atoms with Crippen LogP contribution in [0.4, 0.5) is 13.2 Å². The summed E-state index contributed by atoms with van der Waals surface area (Å²) in [5, 5.41) is 3.73. The Morgan fingerprint density at radius 1 is 1.10 bits per heavy atom. The van der Waals surface area contributed by atoms with Gasteiger partial charge in [-0.05, 0) is 19.8 Å². The molecule has 0 amide bonds. The number of hydrogen-bond donors (Lipinski definition) is 1. The van der Waals surface area contributed by atoms with Gasteiger partial charge in [0.1, 0.15) is 0 Å². The molecule has 1 aliphatic carbocycles. The van der Waals surface area contributed by atoms with Gasteiger partial charge in [-0.2, -0.15) is 18.2 Å². The number of aromatic nitrogens is 2. The minimum atomic E-state index is -4.61. The van der Waals surface area contributed by atoms with E-state index in [1.165, 1.54) is 6.42 Å². The van der Waals surface area contributed by atoms with Gasteiger partial charge in [-0.15, -0.1) is 0 Å². The summed E-state index contributed by atoms with van der Waals surface area (Å²) in [7, 11) is 0. The molecule has 1 heterocycles. The lowest BCUT2D eigenvalue weighted by atomic mass is 9.90. The lowest BCUT2D eigenvalue weighted by Crippen LogP contribution is -2.48. The maximum atomic E-state index is 12.8. The summed E-state index contributed by atoms with van der Waals surface area (Å²) >= 11 is 0. The van der Waals surface area contributed by atoms with E-state index in [0.29, 0.717) is 5.82 Å². The van der Waals surface area contributed by atoms with Crippen LogP contribution < -0.4 is 5.73 Å². The van der Waals surface area contributed by atoms with Gasteiger partial charge in [0.2, 0.25) is 0 Å². The van der Waals surface area contributed by atoms with E-state index in [-0.39, 0.29) is 5.92 Å².